The molecular weight excluding hydrogens is 400 g/mol. The lowest BCUT2D eigenvalue weighted by molar-refractivity contribution is 0.241. The van der Waals surface area contributed by atoms with Crippen LogP contribution in [-0.2, 0) is 11.2 Å². The maximum Gasteiger partial charge on any atom is 0.221 e. The lowest BCUT2D eigenvalue weighted by atomic mass is 10.0. The minimum atomic E-state index is -0.0139. The van der Waals surface area contributed by atoms with Crippen LogP contribution in [0.3, 0.4) is 0 Å². The van der Waals surface area contributed by atoms with Crippen LogP contribution in [0.2, 0.25) is 0 Å². The third-order valence-electron chi connectivity index (χ3n) is 5.49. The minimum absolute atomic E-state index is 0.0139. The number of nitrogens with zero attached hydrogens (tertiary/aromatic N) is 2. The third-order valence-corrected chi connectivity index (χ3v) is 5.49. The Morgan fingerprint density at radius 2 is 2.09 bits per heavy atom. The molecule has 168 valence electrons. The first-order chi connectivity index (χ1) is 15.5. The van der Waals surface area contributed by atoms with E-state index in [-0.39, 0.29) is 6.10 Å². The Labute approximate surface area is 191 Å². The zero-order valence-corrected chi connectivity index (χ0v) is 19.4. The van der Waals surface area contributed by atoms with E-state index in [9.17, 15) is 5.26 Å². The summed E-state index contributed by atoms with van der Waals surface area (Å²) in [4.78, 5) is 4.70. The van der Waals surface area contributed by atoms with Gasteiger partial charge in [-0.15, -0.1) is 0 Å². The second kappa shape index (κ2) is 10.9. The molecule has 3 rings (SSSR count). The molecule has 1 aliphatic carbocycles. The molecule has 0 amide bonds. The second-order valence-electron chi connectivity index (χ2n) is 8.08. The van der Waals surface area contributed by atoms with E-state index in [4.69, 9.17) is 14.5 Å². The first-order valence-corrected chi connectivity index (χ1v) is 11.0. The van der Waals surface area contributed by atoms with Crippen LogP contribution in [0, 0.1) is 11.3 Å². The fraction of sp³-hybridized carbons (Fsp3) is 0.385. The highest BCUT2D eigenvalue weighted by atomic mass is 16.5. The van der Waals surface area contributed by atoms with Crippen molar-refractivity contribution in [3.05, 3.63) is 70.8 Å². The van der Waals surface area contributed by atoms with Crippen LogP contribution >= 0.6 is 0 Å². The maximum atomic E-state index is 9.54. The molecular formula is C26H32N4O2. The zero-order chi connectivity index (χ0) is 23.1. The molecule has 0 aliphatic heterocycles. The average Bonchev–Trinajstić information content (AvgIpc) is 3.20. The van der Waals surface area contributed by atoms with E-state index in [0.29, 0.717) is 34.5 Å². The third kappa shape index (κ3) is 5.37. The van der Waals surface area contributed by atoms with E-state index in [1.54, 1.807) is 19.2 Å². The van der Waals surface area contributed by atoms with Crippen LogP contribution in [0.5, 0.6) is 5.75 Å². The van der Waals surface area contributed by atoms with Gasteiger partial charge in [0.1, 0.15) is 11.8 Å². The first-order valence-electron chi connectivity index (χ1n) is 11.0. The Balaban J connectivity index is 1.87. The van der Waals surface area contributed by atoms with E-state index in [0.717, 1.165) is 31.5 Å². The molecule has 6 nitrogen and oxygen atoms in total. The van der Waals surface area contributed by atoms with Gasteiger partial charge in [-0.25, -0.2) is 4.99 Å². The van der Waals surface area contributed by atoms with Gasteiger partial charge >= 0.3 is 0 Å². The Bertz CT molecular complexity index is 1040. The van der Waals surface area contributed by atoms with Gasteiger partial charge in [0.25, 0.3) is 0 Å². The number of hydrogen-bond acceptors (Lipinski definition) is 6. The lowest BCUT2D eigenvalue weighted by Crippen LogP contribution is -2.27. The molecule has 0 aromatic heterocycles. The highest BCUT2D eigenvalue weighted by molar-refractivity contribution is 5.98. The number of rotatable bonds is 9. The molecule has 0 saturated carbocycles. The number of ether oxygens (including phenoxy) is 2. The van der Waals surface area contributed by atoms with Crippen LogP contribution < -0.4 is 15.4 Å². The highest BCUT2D eigenvalue weighted by Gasteiger charge is 2.25. The normalized spacial score (nSPS) is 15.4. The summed E-state index contributed by atoms with van der Waals surface area (Å²) in [5.74, 6) is 0.972. The average molecular weight is 433 g/mol. The van der Waals surface area contributed by atoms with Gasteiger partial charge in [0.05, 0.1) is 24.5 Å². The van der Waals surface area contributed by atoms with Crippen molar-refractivity contribution in [2.45, 2.75) is 38.8 Å². The Hall–Kier alpha value is -3.14. The summed E-state index contributed by atoms with van der Waals surface area (Å²) in [6.07, 6.45) is 2.03. The van der Waals surface area contributed by atoms with E-state index >= 15 is 0 Å². The van der Waals surface area contributed by atoms with Crippen molar-refractivity contribution in [2.24, 2.45) is 4.99 Å². The summed E-state index contributed by atoms with van der Waals surface area (Å²) in [6.45, 7) is 9.95. The van der Waals surface area contributed by atoms with Crippen LogP contribution in [0.4, 0.5) is 0 Å². The van der Waals surface area contributed by atoms with Crippen LogP contribution in [0.1, 0.15) is 54.1 Å². The molecule has 6 heteroatoms. The van der Waals surface area contributed by atoms with Crippen molar-refractivity contribution in [3.8, 4) is 11.8 Å². The predicted octanol–water partition coefficient (Wildman–Crippen LogP) is 4.21. The number of nitrogens with one attached hydrogen (secondary N) is 2. The van der Waals surface area contributed by atoms with Crippen LogP contribution in [-0.4, -0.2) is 39.2 Å². The molecule has 0 bridgehead atoms. The molecule has 1 aliphatic rings. The van der Waals surface area contributed by atoms with Gasteiger partial charge in [-0.3, -0.25) is 0 Å². The van der Waals surface area contributed by atoms with Crippen molar-refractivity contribution in [1.29, 1.82) is 5.26 Å². The van der Waals surface area contributed by atoms with Crippen molar-refractivity contribution in [2.75, 3.05) is 27.2 Å². The first kappa shape index (κ1) is 23.5. The standard InChI is InChI=1S/C26H32N4O2/c1-17(2)32-25-12-9-19(15-20(25)16-27)26(31-5)30-18(3)21-7-6-8-23-22(21)10-11-24(23)29-14-13-28-4/h6-9,12,15,17,24,28-29H,3,10-11,13-14H2,1-2,4-5H3. The molecule has 1 unspecified atom stereocenters. The number of benzene rings is 2. The van der Waals surface area contributed by atoms with Crippen molar-refractivity contribution in [3.63, 3.8) is 0 Å². The van der Waals surface area contributed by atoms with Gasteiger partial charge in [-0.1, -0.05) is 24.8 Å². The summed E-state index contributed by atoms with van der Waals surface area (Å²) in [5.41, 5.74) is 5.45. The van der Waals surface area contributed by atoms with E-state index in [1.807, 2.05) is 27.0 Å². The fourth-order valence-corrected chi connectivity index (χ4v) is 4.03. The monoisotopic (exact) mass is 432 g/mol. The number of hydrogen-bond donors (Lipinski definition) is 2. The van der Waals surface area contributed by atoms with Crippen molar-refractivity contribution < 1.29 is 9.47 Å². The SMILES string of the molecule is C=C(N=C(OC)c1ccc(OC(C)C)c(C#N)c1)c1cccc2c1CCC2NCCNC. The van der Waals surface area contributed by atoms with E-state index in [1.165, 1.54) is 11.1 Å². The Morgan fingerprint density at radius 1 is 1.28 bits per heavy atom. The van der Waals surface area contributed by atoms with Crippen LogP contribution in [0.25, 0.3) is 5.70 Å². The summed E-state index contributed by atoms with van der Waals surface area (Å²) >= 11 is 0. The van der Waals surface area contributed by atoms with Gasteiger partial charge < -0.3 is 20.1 Å². The molecule has 32 heavy (non-hydrogen) atoms. The smallest absolute Gasteiger partial charge is 0.221 e. The molecule has 0 spiro atoms. The van der Waals surface area contributed by atoms with E-state index < -0.39 is 0 Å². The maximum absolute atomic E-state index is 9.54. The number of fused-ring (bicyclic) bond motifs is 1. The van der Waals surface area contributed by atoms with Gasteiger partial charge in [0.2, 0.25) is 5.90 Å². The van der Waals surface area contributed by atoms with Gasteiger partial charge in [-0.2, -0.15) is 5.26 Å². The van der Waals surface area contributed by atoms with Gasteiger partial charge in [-0.05, 0) is 63.1 Å². The topological polar surface area (TPSA) is 78.7 Å². The molecule has 0 fully saturated rings. The number of methoxy groups -OCH3 is 1. The number of aliphatic imine (C=N–C) groups is 1. The minimum Gasteiger partial charge on any atom is -0.490 e. The highest BCUT2D eigenvalue weighted by Crippen LogP contribution is 2.36. The second-order valence-corrected chi connectivity index (χ2v) is 8.08. The molecule has 0 heterocycles. The van der Waals surface area contributed by atoms with Gasteiger partial charge in [0, 0.05) is 30.3 Å². The summed E-state index contributed by atoms with van der Waals surface area (Å²) < 4.78 is 11.3. The largest absolute Gasteiger partial charge is 0.490 e. The van der Waals surface area contributed by atoms with E-state index in [2.05, 4.69) is 41.5 Å². The zero-order valence-electron chi connectivity index (χ0n) is 19.4. The molecule has 1 atom stereocenters. The number of nitriles is 1. The Morgan fingerprint density at radius 3 is 2.78 bits per heavy atom. The molecule has 2 aromatic rings. The molecule has 0 saturated heterocycles. The predicted molar refractivity (Wildman–Crippen MR) is 129 cm³/mol. The summed E-state index contributed by atoms with van der Waals surface area (Å²) in [7, 11) is 3.54. The number of likely N-dealkylation sites (N-methyl/N-ethyl adjacent to an activating group) is 1. The lowest BCUT2D eigenvalue weighted by Gasteiger charge is -2.15. The Kier molecular flexibility index (Phi) is 8.04. The fourth-order valence-electron chi connectivity index (χ4n) is 4.03. The quantitative estimate of drug-likeness (QED) is 0.353. The summed E-state index contributed by atoms with van der Waals surface area (Å²) in [6, 6.07) is 14.2. The van der Waals surface area contributed by atoms with Gasteiger partial charge in [0.15, 0.2) is 0 Å². The molecule has 2 aromatic carbocycles. The summed E-state index contributed by atoms with van der Waals surface area (Å²) in [5, 5.41) is 16.3. The van der Waals surface area contributed by atoms with Crippen molar-refractivity contribution in [1.82, 2.24) is 10.6 Å². The molecule has 0 radical (unpaired) electrons. The van der Waals surface area contributed by atoms with Crippen molar-refractivity contribution >= 4 is 11.6 Å². The molecule has 2 N–H and O–H groups in total. The van der Waals surface area contributed by atoms with Crippen LogP contribution in [0.15, 0.2) is 48.0 Å².